The van der Waals surface area contributed by atoms with Crippen molar-refractivity contribution in [1.82, 2.24) is 0 Å². The first-order valence-corrected chi connectivity index (χ1v) is 9.93. The van der Waals surface area contributed by atoms with Gasteiger partial charge < -0.3 is 14.6 Å². The molecule has 0 unspecified atom stereocenters. The summed E-state index contributed by atoms with van der Waals surface area (Å²) in [5.74, 6) is -11.6. The highest BCUT2D eigenvalue weighted by molar-refractivity contribution is 5.66. The van der Waals surface area contributed by atoms with E-state index in [0.29, 0.717) is 18.4 Å². The Labute approximate surface area is 181 Å². The van der Waals surface area contributed by atoms with Crippen LogP contribution in [0.5, 0.6) is 0 Å². The Hall–Kier alpha value is -2.78. The SMILES string of the molecule is Cc1ccccc1[C@H]1O[C@@H](c2c(F)c(F)c(F)c(F)c2F)OC[C@H]1C/C=C\CCC(=O)O. The van der Waals surface area contributed by atoms with Gasteiger partial charge in [-0.3, -0.25) is 4.79 Å². The molecule has 0 spiro atoms. The second-order valence-corrected chi connectivity index (χ2v) is 7.46. The summed E-state index contributed by atoms with van der Waals surface area (Å²) in [6, 6.07) is 7.10. The predicted octanol–water partition coefficient (Wildman–Crippen LogP) is 5.90. The van der Waals surface area contributed by atoms with Crippen LogP contribution in [0.15, 0.2) is 36.4 Å². The maximum absolute atomic E-state index is 14.3. The number of hydrogen-bond acceptors (Lipinski definition) is 3. The van der Waals surface area contributed by atoms with E-state index in [9.17, 15) is 26.7 Å². The van der Waals surface area contributed by atoms with Gasteiger partial charge in [0.25, 0.3) is 0 Å². The van der Waals surface area contributed by atoms with Crippen LogP contribution in [0.2, 0.25) is 0 Å². The minimum Gasteiger partial charge on any atom is -0.481 e. The molecule has 3 rings (SSSR count). The summed E-state index contributed by atoms with van der Waals surface area (Å²) in [6.45, 7) is 1.73. The van der Waals surface area contributed by atoms with Crippen molar-refractivity contribution >= 4 is 5.97 Å². The zero-order valence-corrected chi connectivity index (χ0v) is 17.1. The first kappa shape index (κ1) is 23.9. The van der Waals surface area contributed by atoms with Crippen LogP contribution in [-0.2, 0) is 14.3 Å². The number of carboxylic acids is 1. The third-order valence-electron chi connectivity index (χ3n) is 5.26. The molecule has 0 saturated carbocycles. The number of ether oxygens (including phenoxy) is 2. The van der Waals surface area contributed by atoms with Crippen LogP contribution >= 0.6 is 0 Å². The van der Waals surface area contributed by atoms with Crippen LogP contribution in [0, 0.1) is 41.9 Å². The van der Waals surface area contributed by atoms with Crippen molar-refractivity contribution in [2.75, 3.05) is 6.61 Å². The zero-order valence-electron chi connectivity index (χ0n) is 17.1. The molecule has 0 amide bonds. The number of carboxylic acid groups (broad SMARTS) is 1. The molecule has 1 N–H and O–H groups in total. The number of carbonyl (C=O) groups is 1. The molecule has 0 aliphatic carbocycles. The summed E-state index contributed by atoms with van der Waals surface area (Å²) in [5, 5.41) is 8.71. The standard InChI is InChI=1S/C23H21F5O4/c1-12-7-5-6-9-14(12)22-13(8-3-2-4-10-15(29)30)11-31-23(32-22)16-17(24)19(26)21(28)20(27)18(16)25/h2-3,5-7,9,13,22-23H,4,8,10-11H2,1H3,(H,29,30)/b3-2-/t13-,22+,23+/m1/s1. The number of halogens is 5. The fourth-order valence-electron chi connectivity index (χ4n) is 3.58. The molecule has 9 heteroatoms. The number of allylic oxidation sites excluding steroid dienone is 2. The van der Waals surface area contributed by atoms with Gasteiger partial charge in [0, 0.05) is 12.3 Å². The molecule has 2 aromatic carbocycles. The lowest BCUT2D eigenvalue weighted by molar-refractivity contribution is -0.246. The van der Waals surface area contributed by atoms with Crippen LogP contribution in [-0.4, -0.2) is 17.7 Å². The summed E-state index contributed by atoms with van der Waals surface area (Å²) in [5.41, 5.74) is 0.333. The third-order valence-corrected chi connectivity index (χ3v) is 5.26. The van der Waals surface area contributed by atoms with Gasteiger partial charge in [0.2, 0.25) is 5.82 Å². The lowest BCUT2D eigenvalue weighted by atomic mass is 9.89. The molecule has 1 heterocycles. The van der Waals surface area contributed by atoms with Gasteiger partial charge in [-0.05, 0) is 30.9 Å². The van der Waals surface area contributed by atoms with Gasteiger partial charge in [-0.25, -0.2) is 22.0 Å². The Balaban J connectivity index is 1.90. The second-order valence-electron chi connectivity index (χ2n) is 7.46. The molecule has 1 fully saturated rings. The highest BCUT2D eigenvalue weighted by Crippen LogP contribution is 2.42. The van der Waals surface area contributed by atoms with Crippen LogP contribution in [0.1, 0.15) is 48.3 Å². The van der Waals surface area contributed by atoms with E-state index >= 15 is 0 Å². The van der Waals surface area contributed by atoms with Crippen LogP contribution in [0.25, 0.3) is 0 Å². The van der Waals surface area contributed by atoms with Gasteiger partial charge >= 0.3 is 5.97 Å². The van der Waals surface area contributed by atoms with E-state index in [1.54, 1.807) is 43.3 Å². The lowest BCUT2D eigenvalue weighted by Gasteiger charge is -2.37. The second kappa shape index (κ2) is 10.2. The number of aliphatic carboxylic acids is 1. The van der Waals surface area contributed by atoms with Crippen molar-refractivity contribution in [3.05, 3.63) is 82.2 Å². The highest BCUT2D eigenvalue weighted by Gasteiger charge is 2.39. The van der Waals surface area contributed by atoms with Crippen molar-refractivity contribution in [1.29, 1.82) is 0 Å². The maximum Gasteiger partial charge on any atom is 0.303 e. The van der Waals surface area contributed by atoms with Crippen molar-refractivity contribution < 1.29 is 41.3 Å². The largest absolute Gasteiger partial charge is 0.481 e. The highest BCUT2D eigenvalue weighted by atomic mass is 19.2. The van der Waals surface area contributed by atoms with Gasteiger partial charge in [0.1, 0.15) is 0 Å². The van der Waals surface area contributed by atoms with Crippen molar-refractivity contribution in [3.8, 4) is 0 Å². The molecule has 1 aliphatic rings. The van der Waals surface area contributed by atoms with Gasteiger partial charge in [-0.1, -0.05) is 36.4 Å². The minimum atomic E-state index is -2.25. The molecule has 1 saturated heterocycles. The molecule has 2 aromatic rings. The number of hydrogen-bond donors (Lipinski definition) is 1. The van der Waals surface area contributed by atoms with E-state index in [4.69, 9.17) is 14.6 Å². The summed E-state index contributed by atoms with van der Waals surface area (Å²) < 4.78 is 80.6. The van der Waals surface area contributed by atoms with E-state index in [1.165, 1.54) is 0 Å². The van der Waals surface area contributed by atoms with Gasteiger partial charge in [0.05, 0.1) is 18.3 Å². The molecule has 4 nitrogen and oxygen atoms in total. The van der Waals surface area contributed by atoms with E-state index in [0.717, 1.165) is 5.56 Å². The van der Waals surface area contributed by atoms with E-state index < -0.39 is 53.0 Å². The van der Waals surface area contributed by atoms with E-state index in [2.05, 4.69) is 0 Å². The third kappa shape index (κ3) is 4.99. The monoisotopic (exact) mass is 456 g/mol. The Morgan fingerprint density at radius 2 is 1.66 bits per heavy atom. The van der Waals surface area contributed by atoms with Crippen molar-refractivity contribution in [2.45, 2.75) is 38.6 Å². The molecule has 1 aliphatic heterocycles. The number of benzene rings is 2. The molecule has 0 bridgehead atoms. The molecular weight excluding hydrogens is 435 g/mol. The van der Waals surface area contributed by atoms with Crippen LogP contribution < -0.4 is 0 Å². The lowest BCUT2D eigenvalue weighted by Crippen LogP contribution is -2.32. The Kier molecular flexibility index (Phi) is 7.63. The summed E-state index contributed by atoms with van der Waals surface area (Å²) in [4.78, 5) is 10.6. The fourth-order valence-corrected chi connectivity index (χ4v) is 3.58. The number of rotatable bonds is 7. The quantitative estimate of drug-likeness (QED) is 0.244. The fraction of sp³-hybridized carbons (Fsp3) is 0.348. The van der Waals surface area contributed by atoms with Gasteiger partial charge in [-0.15, -0.1) is 0 Å². The topological polar surface area (TPSA) is 55.8 Å². The molecule has 172 valence electrons. The first-order chi connectivity index (χ1) is 15.2. The first-order valence-electron chi connectivity index (χ1n) is 9.93. The average molecular weight is 456 g/mol. The predicted molar refractivity (Wildman–Crippen MR) is 104 cm³/mol. The summed E-state index contributed by atoms with van der Waals surface area (Å²) >= 11 is 0. The Morgan fingerprint density at radius 3 is 2.28 bits per heavy atom. The van der Waals surface area contributed by atoms with E-state index in [-0.39, 0.29) is 18.9 Å². The zero-order chi connectivity index (χ0) is 23.4. The van der Waals surface area contributed by atoms with Crippen molar-refractivity contribution in [3.63, 3.8) is 0 Å². The van der Waals surface area contributed by atoms with Crippen molar-refractivity contribution in [2.24, 2.45) is 5.92 Å². The molecular formula is C23H21F5O4. The normalized spacial score (nSPS) is 21.2. The maximum atomic E-state index is 14.3. The van der Waals surface area contributed by atoms with Gasteiger partial charge in [0.15, 0.2) is 29.6 Å². The minimum absolute atomic E-state index is 0.0300. The molecule has 3 atom stereocenters. The van der Waals surface area contributed by atoms with Crippen LogP contribution in [0.4, 0.5) is 22.0 Å². The Bertz CT molecular complexity index is 995. The summed E-state index contributed by atoms with van der Waals surface area (Å²) in [7, 11) is 0. The van der Waals surface area contributed by atoms with Gasteiger partial charge in [-0.2, -0.15) is 0 Å². The molecule has 32 heavy (non-hydrogen) atoms. The molecule has 0 radical (unpaired) electrons. The average Bonchev–Trinajstić information content (AvgIpc) is 2.77. The van der Waals surface area contributed by atoms with Crippen LogP contribution in [0.3, 0.4) is 0 Å². The summed E-state index contributed by atoms with van der Waals surface area (Å²) in [6.07, 6.45) is 1.58. The Morgan fingerprint density at radius 1 is 1.03 bits per heavy atom. The molecule has 0 aromatic heterocycles. The number of aryl methyl sites for hydroxylation is 1. The van der Waals surface area contributed by atoms with E-state index in [1.807, 2.05) is 0 Å². The smallest absolute Gasteiger partial charge is 0.303 e.